The Bertz CT molecular complexity index is 569. The number of benzene rings is 2. The van der Waals surface area contributed by atoms with Gasteiger partial charge in [0.15, 0.2) is 11.5 Å². The maximum Gasteiger partial charge on any atom is 0.161 e. The van der Waals surface area contributed by atoms with Crippen molar-refractivity contribution in [3.8, 4) is 23.0 Å². The van der Waals surface area contributed by atoms with Crippen molar-refractivity contribution in [1.82, 2.24) is 0 Å². The van der Waals surface area contributed by atoms with E-state index in [0.717, 1.165) is 35.8 Å². The molecule has 2 rings (SSSR count). The normalized spacial score (nSPS) is 10.1. The molecular formula is C18H22O4. The third-order valence-electron chi connectivity index (χ3n) is 3.18. The molecule has 118 valence electrons. The molecule has 2 aromatic carbocycles. The van der Waals surface area contributed by atoms with Gasteiger partial charge < -0.3 is 18.9 Å². The van der Waals surface area contributed by atoms with Gasteiger partial charge in [0.1, 0.15) is 11.5 Å². The number of hydrogen-bond acceptors (Lipinski definition) is 4. The molecule has 0 spiro atoms. The fourth-order valence-corrected chi connectivity index (χ4v) is 2.01. The Morgan fingerprint density at radius 3 is 2.09 bits per heavy atom. The average molecular weight is 302 g/mol. The topological polar surface area (TPSA) is 36.9 Å². The predicted octanol–water partition coefficient (Wildman–Crippen LogP) is 3.94. The first kappa shape index (κ1) is 16.0. The van der Waals surface area contributed by atoms with Crippen LogP contribution in [0.25, 0.3) is 0 Å². The molecule has 4 heteroatoms. The first-order valence-electron chi connectivity index (χ1n) is 7.36. The van der Waals surface area contributed by atoms with Crippen LogP contribution in [0.3, 0.4) is 0 Å². The van der Waals surface area contributed by atoms with E-state index in [1.165, 1.54) is 0 Å². The van der Waals surface area contributed by atoms with E-state index in [-0.39, 0.29) is 0 Å². The second-order valence-electron chi connectivity index (χ2n) is 4.73. The lowest BCUT2D eigenvalue weighted by atomic mass is 10.3. The molecule has 0 radical (unpaired) electrons. The lowest BCUT2D eigenvalue weighted by Crippen LogP contribution is -2.03. The molecule has 0 aliphatic rings. The summed E-state index contributed by atoms with van der Waals surface area (Å²) >= 11 is 0. The highest BCUT2D eigenvalue weighted by molar-refractivity contribution is 5.39. The van der Waals surface area contributed by atoms with Gasteiger partial charge >= 0.3 is 0 Å². The van der Waals surface area contributed by atoms with E-state index in [1.54, 1.807) is 14.2 Å². The van der Waals surface area contributed by atoms with Crippen LogP contribution in [0.2, 0.25) is 0 Å². The SMILES string of the molecule is COc1cccc(OCCCCOc2ccccc2OC)c1. The molecular weight excluding hydrogens is 280 g/mol. The molecule has 0 saturated heterocycles. The Labute approximate surface area is 131 Å². The minimum atomic E-state index is 0.641. The summed E-state index contributed by atoms with van der Waals surface area (Å²) in [4.78, 5) is 0. The number of para-hydroxylation sites is 2. The van der Waals surface area contributed by atoms with E-state index in [0.29, 0.717) is 13.2 Å². The fraction of sp³-hybridized carbons (Fsp3) is 0.333. The molecule has 0 aliphatic heterocycles. The Kier molecular flexibility index (Phi) is 6.42. The van der Waals surface area contributed by atoms with E-state index in [1.807, 2.05) is 48.5 Å². The van der Waals surface area contributed by atoms with Gasteiger partial charge in [0, 0.05) is 6.07 Å². The summed E-state index contributed by atoms with van der Waals surface area (Å²) in [6.45, 7) is 1.30. The zero-order valence-corrected chi connectivity index (χ0v) is 13.1. The minimum absolute atomic E-state index is 0.641. The molecule has 0 N–H and O–H groups in total. The highest BCUT2D eigenvalue weighted by atomic mass is 16.5. The highest BCUT2D eigenvalue weighted by Gasteiger charge is 2.02. The van der Waals surface area contributed by atoms with Gasteiger partial charge in [-0.15, -0.1) is 0 Å². The van der Waals surface area contributed by atoms with Crippen molar-refractivity contribution >= 4 is 0 Å². The van der Waals surface area contributed by atoms with Gasteiger partial charge in [0.2, 0.25) is 0 Å². The maximum absolute atomic E-state index is 5.72. The molecule has 0 fully saturated rings. The van der Waals surface area contributed by atoms with E-state index in [9.17, 15) is 0 Å². The highest BCUT2D eigenvalue weighted by Crippen LogP contribution is 2.25. The fourth-order valence-electron chi connectivity index (χ4n) is 2.01. The van der Waals surface area contributed by atoms with Crippen molar-refractivity contribution in [2.75, 3.05) is 27.4 Å². The van der Waals surface area contributed by atoms with Crippen LogP contribution in [0.5, 0.6) is 23.0 Å². The van der Waals surface area contributed by atoms with Crippen LogP contribution in [0.4, 0.5) is 0 Å². The van der Waals surface area contributed by atoms with E-state index >= 15 is 0 Å². The van der Waals surface area contributed by atoms with Gasteiger partial charge in [-0.2, -0.15) is 0 Å². The molecule has 4 nitrogen and oxygen atoms in total. The van der Waals surface area contributed by atoms with Crippen LogP contribution in [0.1, 0.15) is 12.8 Å². The predicted molar refractivity (Wildman–Crippen MR) is 86.2 cm³/mol. The van der Waals surface area contributed by atoms with Gasteiger partial charge in [0.25, 0.3) is 0 Å². The molecule has 2 aromatic rings. The summed E-state index contributed by atoms with van der Waals surface area (Å²) in [5.74, 6) is 3.16. The van der Waals surface area contributed by atoms with E-state index < -0.39 is 0 Å². The summed E-state index contributed by atoms with van der Waals surface area (Å²) < 4.78 is 21.8. The first-order valence-corrected chi connectivity index (χ1v) is 7.36. The summed E-state index contributed by atoms with van der Waals surface area (Å²) in [6.07, 6.45) is 1.84. The van der Waals surface area contributed by atoms with Crippen LogP contribution in [-0.4, -0.2) is 27.4 Å². The number of ether oxygens (including phenoxy) is 4. The van der Waals surface area contributed by atoms with E-state index in [2.05, 4.69) is 0 Å². The van der Waals surface area contributed by atoms with Crippen molar-refractivity contribution in [2.45, 2.75) is 12.8 Å². The average Bonchev–Trinajstić information content (AvgIpc) is 2.58. The monoisotopic (exact) mass is 302 g/mol. The quantitative estimate of drug-likeness (QED) is 0.657. The Morgan fingerprint density at radius 1 is 0.682 bits per heavy atom. The molecule has 0 unspecified atom stereocenters. The lowest BCUT2D eigenvalue weighted by molar-refractivity contribution is 0.258. The van der Waals surface area contributed by atoms with Crippen molar-refractivity contribution in [2.24, 2.45) is 0 Å². The lowest BCUT2D eigenvalue weighted by Gasteiger charge is -2.10. The second-order valence-corrected chi connectivity index (χ2v) is 4.73. The Balaban J connectivity index is 1.65. The summed E-state index contributed by atoms with van der Waals surface area (Å²) in [5.41, 5.74) is 0. The largest absolute Gasteiger partial charge is 0.497 e. The number of methoxy groups -OCH3 is 2. The van der Waals surface area contributed by atoms with Crippen LogP contribution < -0.4 is 18.9 Å². The van der Waals surface area contributed by atoms with Gasteiger partial charge in [-0.3, -0.25) is 0 Å². The summed E-state index contributed by atoms with van der Waals surface area (Å²) in [5, 5.41) is 0. The van der Waals surface area contributed by atoms with Crippen molar-refractivity contribution in [1.29, 1.82) is 0 Å². The Hall–Kier alpha value is -2.36. The molecule has 22 heavy (non-hydrogen) atoms. The summed E-state index contributed by atoms with van der Waals surface area (Å²) in [6, 6.07) is 15.3. The molecule has 0 saturated carbocycles. The third kappa shape index (κ3) is 4.88. The molecule has 0 heterocycles. The van der Waals surface area contributed by atoms with Crippen molar-refractivity contribution in [3.05, 3.63) is 48.5 Å². The molecule has 0 aromatic heterocycles. The molecule has 0 aliphatic carbocycles. The van der Waals surface area contributed by atoms with Crippen LogP contribution >= 0.6 is 0 Å². The van der Waals surface area contributed by atoms with Gasteiger partial charge in [-0.25, -0.2) is 0 Å². The third-order valence-corrected chi connectivity index (χ3v) is 3.18. The van der Waals surface area contributed by atoms with Gasteiger partial charge in [-0.1, -0.05) is 18.2 Å². The smallest absolute Gasteiger partial charge is 0.161 e. The van der Waals surface area contributed by atoms with Crippen molar-refractivity contribution < 1.29 is 18.9 Å². The Morgan fingerprint density at radius 2 is 1.36 bits per heavy atom. The van der Waals surface area contributed by atoms with E-state index in [4.69, 9.17) is 18.9 Å². The minimum Gasteiger partial charge on any atom is -0.497 e. The molecule has 0 atom stereocenters. The van der Waals surface area contributed by atoms with Crippen LogP contribution in [0.15, 0.2) is 48.5 Å². The van der Waals surface area contributed by atoms with Crippen molar-refractivity contribution in [3.63, 3.8) is 0 Å². The second kappa shape index (κ2) is 8.82. The van der Waals surface area contributed by atoms with Gasteiger partial charge in [0.05, 0.1) is 27.4 Å². The zero-order chi connectivity index (χ0) is 15.6. The van der Waals surface area contributed by atoms with Crippen LogP contribution in [-0.2, 0) is 0 Å². The summed E-state index contributed by atoms with van der Waals surface area (Å²) in [7, 11) is 3.29. The standard InChI is InChI=1S/C18H22O4/c1-19-15-8-7-9-16(14-15)21-12-5-6-13-22-18-11-4-3-10-17(18)20-2/h3-4,7-11,14H,5-6,12-13H2,1-2H3. The molecule has 0 amide bonds. The molecule has 0 bridgehead atoms. The zero-order valence-electron chi connectivity index (χ0n) is 13.1. The maximum atomic E-state index is 5.72. The number of rotatable bonds is 9. The van der Waals surface area contributed by atoms with Crippen LogP contribution in [0, 0.1) is 0 Å². The number of unbranched alkanes of at least 4 members (excludes halogenated alkanes) is 1. The first-order chi connectivity index (χ1) is 10.8. The van der Waals surface area contributed by atoms with Gasteiger partial charge in [-0.05, 0) is 37.1 Å². The number of hydrogen-bond donors (Lipinski definition) is 0.